The highest BCUT2D eigenvalue weighted by Crippen LogP contribution is 2.31. The van der Waals surface area contributed by atoms with E-state index in [9.17, 15) is 0 Å². The Labute approximate surface area is 115 Å². The summed E-state index contributed by atoms with van der Waals surface area (Å²) in [5, 5.41) is 3.36. The third-order valence-corrected chi connectivity index (χ3v) is 2.91. The van der Waals surface area contributed by atoms with E-state index in [4.69, 9.17) is 10.5 Å². The van der Waals surface area contributed by atoms with Gasteiger partial charge in [-0.2, -0.15) is 4.98 Å². The van der Waals surface area contributed by atoms with Gasteiger partial charge in [0.25, 0.3) is 0 Å². The second-order valence-electron chi connectivity index (χ2n) is 5.57. The molecule has 0 bridgehead atoms. The lowest BCUT2D eigenvalue weighted by molar-refractivity contribution is 0.305. The first-order chi connectivity index (χ1) is 9.10. The van der Waals surface area contributed by atoms with Gasteiger partial charge in [-0.1, -0.05) is 20.8 Å². The molecular weight excluding hydrogens is 240 g/mol. The van der Waals surface area contributed by atoms with Crippen molar-refractivity contribution in [3.63, 3.8) is 0 Å². The topological polar surface area (TPSA) is 73.1 Å². The normalized spacial score (nSPS) is 14.7. The smallest absolute Gasteiger partial charge is 0.242 e. The van der Waals surface area contributed by atoms with Crippen LogP contribution in [-0.2, 0) is 6.42 Å². The predicted molar refractivity (Wildman–Crippen MR) is 77.4 cm³/mol. The van der Waals surface area contributed by atoms with Crippen LogP contribution < -0.4 is 15.8 Å². The third-order valence-electron chi connectivity index (χ3n) is 2.91. The van der Waals surface area contributed by atoms with Crippen LogP contribution in [0.3, 0.4) is 0 Å². The fourth-order valence-corrected chi connectivity index (χ4v) is 1.79. The monoisotopic (exact) mass is 264 g/mol. The highest BCUT2D eigenvalue weighted by molar-refractivity contribution is 5.67. The number of rotatable bonds is 7. The number of hydrogen-bond donors (Lipinski definition) is 2. The van der Waals surface area contributed by atoms with Gasteiger partial charge in [-0.25, -0.2) is 4.98 Å². The van der Waals surface area contributed by atoms with Gasteiger partial charge in [-0.15, -0.1) is 0 Å². The van der Waals surface area contributed by atoms with Crippen LogP contribution in [0.1, 0.15) is 45.9 Å². The Morgan fingerprint density at radius 3 is 2.68 bits per heavy atom. The maximum Gasteiger partial charge on any atom is 0.242 e. The largest absolute Gasteiger partial charge is 0.476 e. The molecule has 0 aliphatic heterocycles. The van der Waals surface area contributed by atoms with E-state index in [0.29, 0.717) is 30.1 Å². The van der Waals surface area contributed by atoms with Crippen molar-refractivity contribution < 1.29 is 4.74 Å². The van der Waals surface area contributed by atoms with Gasteiger partial charge in [0.05, 0.1) is 6.61 Å². The van der Waals surface area contributed by atoms with Crippen molar-refractivity contribution in [1.82, 2.24) is 9.97 Å². The highest BCUT2D eigenvalue weighted by atomic mass is 16.5. The molecular formula is C14H24N4O. The van der Waals surface area contributed by atoms with E-state index in [-0.39, 0.29) is 0 Å². The fourth-order valence-electron chi connectivity index (χ4n) is 1.79. The lowest BCUT2D eigenvalue weighted by Gasteiger charge is -2.14. The molecule has 1 aromatic rings. The number of aromatic nitrogens is 2. The first-order valence-electron chi connectivity index (χ1n) is 7.15. The quantitative estimate of drug-likeness (QED) is 0.792. The van der Waals surface area contributed by atoms with Gasteiger partial charge >= 0.3 is 0 Å². The van der Waals surface area contributed by atoms with Gasteiger partial charge in [0, 0.05) is 12.5 Å². The van der Waals surface area contributed by atoms with Crippen molar-refractivity contribution >= 4 is 11.5 Å². The summed E-state index contributed by atoms with van der Waals surface area (Å²) in [6.45, 7) is 7.00. The first-order valence-corrected chi connectivity index (χ1v) is 7.15. The zero-order chi connectivity index (χ0) is 13.8. The molecule has 0 radical (unpaired) electrons. The molecule has 0 spiro atoms. The second kappa shape index (κ2) is 6.08. The third kappa shape index (κ3) is 3.98. The molecule has 1 heterocycles. The number of hydrogen-bond acceptors (Lipinski definition) is 5. The molecule has 3 N–H and O–H groups in total. The SMILES string of the molecule is CCCOc1nc(CC(C)C)nc(NC2CC2)c1N. The summed E-state index contributed by atoms with van der Waals surface area (Å²) in [5.74, 6) is 2.57. The van der Waals surface area contributed by atoms with E-state index in [1.54, 1.807) is 0 Å². The number of nitrogens with zero attached hydrogens (tertiary/aromatic N) is 2. The zero-order valence-corrected chi connectivity index (χ0v) is 12.1. The minimum Gasteiger partial charge on any atom is -0.476 e. The van der Waals surface area contributed by atoms with E-state index in [0.717, 1.165) is 24.5 Å². The zero-order valence-electron chi connectivity index (χ0n) is 12.1. The molecule has 19 heavy (non-hydrogen) atoms. The van der Waals surface area contributed by atoms with Crippen LogP contribution >= 0.6 is 0 Å². The van der Waals surface area contributed by atoms with Gasteiger partial charge in [0.15, 0.2) is 5.82 Å². The molecule has 106 valence electrons. The van der Waals surface area contributed by atoms with Crippen LogP contribution in [0.25, 0.3) is 0 Å². The molecule has 5 nitrogen and oxygen atoms in total. The fraction of sp³-hybridized carbons (Fsp3) is 0.714. The van der Waals surface area contributed by atoms with Crippen molar-refractivity contribution in [2.45, 2.75) is 52.5 Å². The van der Waals surface area contributed by atoms with E-state index in [1.165, 1.54) is 12.8 Å². The van der Waals surface area contributed by atoms with Crippen LogP contribution in [0, 0.1) is 5.92 Å². The van der Waals surface area contributed by atoms with Crippen molar-refractivity contribution in [3.05, 3.63) is 5.82 Å². The first kappa shape index (κ1) is 13.9. The Bertz CT molecular complexity index is 430. The number of anilines is 2. The summed E-state index contributed by atoms with van der Waals surface area (Å²) >= 11 is 0. The standard InChI is InChI=1S/C14H24N4O/c1-4-7-19-14-12(15)13(16-10-5-6-10)17-11(18-14)8-9(2)3/h9-10H,4-8,15H2,1-3H3,(H,16,17,18). The average Bonchev–Trinajstić information content (AvgIpc) is 3.14. The van der Waals surface area contributed by atoms with Crippen LogP contribution in [0.4, 0.5) is 11.5 Å². The number of nitrogen functional groups attached to an aromatic ring is 1. The molecule has 1 saturated carbocycles. The van der Waals surface area contributed by atoms with E-state index >= 15 is 0 Å². The average molecular weight is 264 g/mol. The molecule has 1 fully saturated rings. The van der Waals surface area contributed by atoms with E-state index in [2.05, 4.69) is 36.1 Å². The van der Waals surface area contributed by atoms with Crippen LogP contribution in [-0.4, -0.2) is 22.6 Å². The second-order valence-corrected chi connectivity index (χ2v) is 5.57. The Balaban J connectivity index is 2.22. The van der Waals surface area contributed by atoms with E-state index < -0.39 is 0 Å². The van der Waals surface area contributed by atoms with Crippen molar-refractivity contribution in [2.75, 3.05) is 17.7 Å². The van der Waals surface area contributed by atoms with Gasteiger partial charge in [0.1, 0.15) is 11.5 Å². The Kier molecular flexibility index (Phi) is 4.45. The Morgan fingerprint density at radius 2 is 2.11 bits per heavy atom. The molecule has 1 aliphatic carbocycles. The Hall–Kier alpha value is -1.52. The molecule has 0 atom stereocenters. The molecule has 5 heteroatoms. The lowest BCUT2D eigenvalue weighted by atomic mass is 10.1. The molecule has 1 aliphatic rings. The number of nitrogens with two attached hydrogens (primary N) is 1. The summed E-state index contributed by atoms with van der Waals surface area (Å²) in [6, 6.07) is 0.517. The van der Waals surface area contributed by atoms with Gasteiger partial charge in [0.2, 0.25) is 5.88 Å². The summed E-state index contributed by atoms with van der Waals surface area (Å²) in [4.78, 5) is 8.97. The van der Waals surface area contributed by atoms with Crippen molar-refractivity contribution in [1.29, 1.82) is 0 Å². The van der Waals surface area contributed by atoms with Crippen LogP contribution in [0.2, 0.25) is 0 Å². The summed E-state index contributed by atoms with van der Waals surface area (Å²) in [5.41, 5.74) is 6.62. The van der Waals surface area contributed by atoms with E-state index in [1.807, 2.05) is 0 Å². The van der Waals surface area contributed by atoms with Crippen LogP contribution in [0.15, 0.2) is 0 Å². The van der Waals surface area contributed by atoms with Gasteiger partial charge < -0.3 is 15.8 Å². The maximum atomic E-state index is 6.09. The van der Waals surface area contributed by atoms with Gasteiger partial charge in [-0.3, -0.25) is 0 Å². The van der Waals surface area contributed by atoms with Crippen molar-refractivity contribution in [3.8, 4) is 5.88 Å². The minimum atomic E-state index is 0.511. The molecule has 0 unspecified atom stereocenters. The molecule has 2 rings (SSSR count). The van der Waals surface area contributed by atoms with Crippen LogP contribution in [0.5, 0.6) is 5.88 Å². The maximum absolute atomic E-state index is 6.09. The number of ether oxygens (including phenoxy) is 1. The van der Waals surface area contributed by atoms with Gasteiger partial charge in [-0.05, 0) is 25.2 Å². The van der Waals surface area contributed by atoms with Crippen molar-refractivity contribution in [2.24, 2.45) is 5.92 Å². The Morgan fingerprint density at radius 1 is 1.37 bits per heavy atom. The summed E-state index contributed by atoms with van der Waals surface area (Å²) in [7, 11) is 0. The minimum absolute atomic E-state index is 0.511. The molecule has 1 aromatic heterocycles. The summed E-state index contributed by atoms with van der Waals surface area (Å²) < 4.78 is 5.63. The molecule has 0 amide bonds. The molecule has 0 aromatic carbocycles. The number of nitrogens with one attached hydrogen (secondary N) is 1. The predicted octanol–water partition coefficient (Wildman–Crippen LogP) is 2.62. The highest BCUT2D eigenvalue weighted by Gasteiger charge is 2.24. The summed E-state index contributed by atoms with van der Waals surface area (Å²) in [6.07, 6.45) is 4.15. The lowest BCUT2D eigenvalue weighted by Crippen LogP contribution is -2.13. The molecule has 0 saturated heterocycles.